The molecule has 1 heterocycles. The molecule has 1 aliphatic rings. The van der Waals surface area contributed by atoms with Crippen molar-refractivity contribution in [3.05, 3.63) is 107 Å². The average molecular weight is 518 g/mol. The molecule has 1 saturated heterocycles. The van der Waals surface area contributed by atoms with Crippen LogP contribution in [0.4, 0.5) is 0 Å². The molecule has 4 rings (SSSR count). The number of aliphatic hydroxyl groups is 2. The van der Waals surface area contributed by atoms with Crippen molar-refractivity contribution in [3.63, 3.8) is 0 Å². The lowest BCUT2D eigenvalue weighted by molar-refractivity contribution is -0.218. The molecule has 0 saturated carbocycles. The van der Waals surface area contributed by atoms with E-state index in [0.717, 1.165) is 61.2 Å². The molecule has 0 radical (unpaired) electrons. The van der Waals surface area contributed by atoms with Gasteiger partial charge >= 0.3 is 5.97 Å². The summed E-state index contributed by atoms with van der Waals surface area (Å²) in [5.41, 5.74) is 2.02. The number of aliphatic carboxylic acids is 1. The topological polar surface area (TPSA) is 90.2 Å². The monoisotopic (exact) mass is 517 g/mol. The van der Waals surface area contributed by atoms with Crippen molar-refractivity contribution in [2.75, 3.05) is 19.6 Å². The summed E-state index contributed by atoms with van der Waals surface area (Å²) in [5.74, 6) is -2.36. The van der Waals surface area contributed by atoms with Gasteiger partial charge in [0.25, 0.3) is 0 Å². The first-order valence-electron chi connectivity index (χ1n) is 13.5. The molecule has 6 heteroatoms. The maximum absolute atomic E-state index is 11.7. The van der Waals surface area contributed by atoms with E-state index in [2.05, 4.69) is 4.90 Å². The van der Waals surface area contributed by atoms with Crippen LogP contribution in [0.2, 0.25) is 0 Å². The summed E-state index contributed by atoms with van der Waals surface area (Å²) in [6.07, 6.45) is 2.50. The molecule has 1 fully saturated rings. The zero-order valence-corrected chi connectivity index (χ0v) is 22.3. The lowest BCUT2D eigenvalue weighted by Crippen LogP contribution is -2.42. The highest BCUT2D eigenvalue weighted by atomic mass is 16.6. The first kappa shape index (κ1) is 28.0. The van der Waals surface area contributed by atoms with Gasteiger partial charge in [0.2, 0.25) is 5.79 Å². The second-order valence-electron chi connectivity index (χ2n) is 10.7. The molecule has 0 bridgehead atoms. The number of rotatable bonds is 11. The van der Waals surface area contributed by atoms with Gasteiger partial charge in [-0.05, 0) is 57.2 Å². The van der Waals surface area contributed by atoms with Crippen molar-refractivity contribution in [3.8, 4) is 0 Å². The van der Waals surface area contributed by atoms with Gasteiger partial charge in [-0.2, -0.15) is 0 Å². The van der Waals surface area contributed by atoms with Crippen molar-refractivity contribution in [2.24, 2.45) is 0 Å². The zero-order valence-electron chi connectivity index (χ0n) is 22.3. The highest BCUT2D eigenvalue weighted by molar-refractivity contribution is 5.80. The minimum atomic E-state index is -1.49. The number of nitrogens with zero attached hydrogens (tertiary/aromatic N) is 1. The number of aliphatic hydroxyl groups excluding tert-OH is 1. The van der Waals surface area contributed by atoms with Crippen LogP contribution in [-0.2, 0) is 20.7 Å². The summed E-state index contributed by atoms with van der Waals surface area (Å²) in [5, 5.41) is 31.8. The highest BCUT2D eigenvalue weighted by Gasteiger charge is 2.36. The molecule has 3 N–H and O–H groups in total. The van der Waals surface area contributed by atoms with Gasteiger partial charge in [-0.15, -0.1) is 0 Å². The third-order valence-electron chi connectivity index (χ3n) is 7.71. The Morgan fingerprint density at radius 2 is 1.42 bits per heavy atom. The molecule has 0 aromatic heterocycles. The number of benzene rings is 3. The standard InChI is InChI=1S/C32H39NO5/c1-31(2,30(35)36)25-17-15-24(16-18-25)29(34)14-9-21-33-22-19-28(20-23-33)38-32(37,26-10-5-3-6-11-26)27-12-7-4-8-13-27/h3-8,10-13,15-18,28-29,34,37H,9,14,19-23H2,1-2H3,(H,35,36). The van der Waals surface area contributed by atoms with Crippen LogP contribution in [0.25, 0.3) is 0 Å². The molecule has 0 amide bonds. The van der Waals surface area contributed by atoms with E-state index >= 15 is 0 Å². The van der Waals surface area contributed by atoms with Crippen molar-refractivity contribution in [2.45, 2.75) is 62.9 Å². The highest BCUT2D eigenvalue weighted by Crippen LogP contribution is 2.34. The third kappa shape index (κ3) is 6.51. The van der Waals surface area contributed by atoms with Crippen molar-refractivity contribution < 1.29 is 24.9 Å². The Kier molecular flexibility index (Phi) is 9.00. The first-order valence-corrected chi connectivity index (χ1v) is 13.5. The van der Waals surface area contributed by atoms with E-state index in [9.17, 15) is 20.1 Å². The summed E-state index contributed by atoms with van der Waals surface area (Å²) in [6, 6.07) is 26.3. The van der Waals surface area contributed by atoms with E-state index in [1.165, 1.54) is 0 Å². The Balaban J connectivity index is 1.26. The predicted molar refractivity (Wildman–Crippen MR) is 148 cm³/mol. The number of carbonyl (C=O) groups is 1. The molecule has 6 nitrogen and oxygen atoms in total. The fraction of sp³-hybridized carbons (Fsp3) is 0.406. The normalized spacial score (nSPS) is 16.3. The summed E-state index contributed by atoms with van der Waals surface area (Å²) in [7, 11) is 0. The quantitative estimate of drug-likeness (QED) is 0.302. The Labute approximate surface area is 225 Å². The van der Waals surface area contributed by atoms with Crippen LogP contribution >= 0.6 is 0 Å². The fourth-order valence-corrected chi connectivity index (χ4v) is 5.04. The Bertz CT molecular complexity index is 1120. The smallest absolute Gasteiger partial charge is 0.313 e. The summed E-state index contributed by atoms with van der Waals surface area (Å²) < 4.78 is 6.40. The van der Waals surface area contributed by atoms with Gasteiger partial charge in [-0.3, -0.25) is 4.79 Å². The van der Waals surface area contributed by atoms with Gasteiger partial charge in [0, 0.05) is 24.2 Å². The largest absolute Gasteiger partial charge is 0.481 e. The Morgan fingerprint density at radius 3 is 1.92 bits per heavy atom. The van der Waals surface area contributed by atoms with Crippen LogP contribution in [0.1, 0.15) is 67.9 Å². The van der Waals surface area contributed by atoms with Crippen LogP contribution in [0.15, 0.2) is 84.9 Å². The zero-order chi connectivity index (χ0) is 27.2. The number of ether oxygens (including phenoxy) is 1. The van der Waals surface area contributed by atoms with E-state index in [1.54, 1.807) is 26.0 Å². The van der Waals surface area contributed by atoms with Crippen LogP contribution in [-0.4, -0.2) is 51.9 Å². The van der Waals surface area contributed by atoms with Crippen molar-refractivity contribution in [1.82, 2.24) is 4.90 Å². The lowest BCUT2D eigenvalue weighted by atomic mass is 9.84. The molecule has 0 aliphatic carbocycles. The van der Waals surface area contributed by atoms with Gasteiger partial charge in [0.15, 0.2) is 0 Å². The molecule has 1 unspecified atom stereocenters. The summed E-state index contributed by atoms with van der Waals surface area (Å²) in [6.45, 7) is 5.99. The molecule has 1 aliphatic heterocycles. The van der Waals surface area contributed by atoms with E-state index in [1.807, 2.05) is 72.8 Å². The maximum atomic E-state index is 11.7. The molecule has 202 valence electrons. The minimum absolute atomic E-state index is 0.0594. The molecule has 38 heavy (non-hydrogen) atoms. The van der Waals surface area contributed by atoms with Crippen LogP contribution < -0.4 is 0 Å². The second kappa shape index (κ2) is 12.2. The van der Waals surface area contributed by atoms with Gasteiger partial charge in [0.1, 0.15) is 0 Å². The number of likely N-dealkylation sites (tertiary alicyclic amines) is 1. The van der Waals surface area contributed by atoms with Crippen LogP contribution in [0.3, 0.4) is 0 Å². The fourth-order valence-electron chi connectivity index (χ4n) is 5.04. The number of hydrogen-bond acceptors (Lipinski definition) is 5. The lowest BCUT2D eigenvalue weighted by Gasteiger charge is -2.38. The maximum Gasteiger partial charge on any atom is 0.313 e. The van der Waals surface area contributed by atoms with E-state index < -0.39 is 23.3 Å². The van der Waals surface area contributed by atoms with Crippen LogP contribution in [0.5, 0.6) is 0 Å². The van der Waals surface area contributed by atoms with E-state index in [-0.39, 0.29) is 6.10 Å². The Hall–Kier alpha value is -3.03. The molecular weight excluding hydrogens is 478 g/mol. The third-order valence-corrected chi connectivity index (χ3v) is 7.71. The average Bonchev–Trinajstić information content (AvgIpc) is 2.95. The van der Waals surface area contributed by atoms with Crippen molar-refractivity contribution >= 4 is 5.97 Å². The number of piperidine rings is 1. The second-order valence-corrected chi connectivity index (χ2v) is 10.7. The summed E-state index contributed by atoms with van der Waals surface area (Å²) >= 11 is 0. The number of carboxylic acids is 1. The Morgan fingerprint density at radius 1 is 0.895 bits per heavy atom. The van der Waals surface area contributed by atoms with Crippen LogP contribution in [0, 0.1) is 0 Å². The van der Waals surface area contributed by atoms with E-state index in [0.29, 0.717) is 6.42 Å². The van der Waals surface area contributed by atoms with Gasteiger partial charge < -0.3 is 25.0 Å². The minimum Gasteiger partial charge on any atom is -0.481 e. The molecule has 3 aromatic carbocycles. The molecular formula is C32H39NO5. The van der Waals surface area contributed by atoms with Gasteiger partial charge in [-0.25, -0.2) is 0 Å². The van der Waals surface area contributed by atoms with Crippen molar-refractivity contribution in [1.29, 1.82) is 0 Å². The predicted octanol–water partition coefficient (Wildman–Crippen LogP) is 5.24. The molecule has 0 spiro atoms. The number of hydrogen-bond donors (Lipinski definition) is 3. The molecule has 1 atom stereocenters. The number of carboxylic acid groups (broad SMARTS) is 1. The van der Waals surface area contributed by atoms with Gasteiger partial charge in [-0.1, -0.05) is 84.9 Å². The van der Waals surface area contributed by atoms with E-state index in [4.69, 9.17) is 4.74 Å². The first-order chi connectivity index (χ1) is 18.2. The summed E-state index contributed by atoms with van der Waals surface area (Å²) in [4.78, 5) is 13.9. The SMILES string of the molecule is CC(C)(C(=O)O)c1ccc(C(O)CCCN2CCC(OC(O)(c3ccccc3)c3ccccc3)CC2)cc1. The molecule has 3 aromatic rings. The van der Waals surface area contributed by atoms with Gasteiger partial charge in [0.05, 0.1) is 17.6 Å².